The van der Waals surface area contributed by atoms with E-state index in [2.05, 4.69) is 0 Å². The number of methoxy groups -OCH3 is 1. The fourth-order valence-electron chi connectivity index (χ4n) is 1.55. The minimum absolute atomic E-state index is 0.0291. The maximum Gasteiger partial charge on any atom is 0.272 e. The second kappa shape index (κ2) is 6.75. The van der Waals surface area contributed by atoms with Crippen molar-refractivity contribution in [3.8, 4) is 11.5 Å². The van der Waals surface area contributed by atoms with Gasteiger partial charge < -0.3 is 15.2 Å². The second-order valence-electron chi connectivity index (χ2n) is 3.99. The van der Waals surface area contributed by atoms with E-state index >= 15 is 0 Å². The van der Waals surface area contributed by atoms with Crippen molar-refractivity contribution in [3.63, 3.8) is 0 Å². The minimum Gasteiger partial charge on any atom is -0.493 e. The first kappa shape index (κ1) is 15.0. The summed E-state index contributed by atoms with van der Waals surface area (Å²) in [4.78, 5) is 0. The fourth-order valence-corrected chi connectivity index (χ4v) is 1.84. The summed E-state index contributed by atoms with van der Waals surface area (Å²) >= 11 is 5.99. The van der Waals surface area contributed by atoms with E-state index in [-0.39, 0.29) is 16.8 Å². The van der Waals surface area contributed by atoms with Crippen LogP contribution >= 0.6 is 11.6 Å². The van der Waals surface area contributed by atoms with E-state index < -0.39 is 13.0 Å². The van der Waals surface area contributed by atoms with Crippen LogP contribution in [0, 0.1) is 0 Å². The van der Waals surface area contributed by atoms with Gasteiger partial charge in [-0.05, 0) is 31.0 Å². The van der Waals surface area contributed by atoms with Crippen LogP contribution in [0.5, 0.6) is 11.5 Å². The van der Waals surface area contributed by atoms with Crippen molar-refractivity contribution < 1.29 is 18.3 Å². The Hall–Kier alpha value is -1.07. The summed E-state index contributed by atoms with van der Waals surface area (Å²) in [6.07, 6.45) is -1.94. The van der Waals surface area contributed by atoms with Crippen LogP contribution in [0.2, 0.25) is 5.02 Å². The molecule has 0 aromatic heterocycles. The highest BCUT2D eigenvalue weighted by atomic mass is 35.5. The molecule has 1 aromatic carbocycles. The lowest BCUT2D eigenvalue weighted by Gasteiger charge is -2.14. The standard InChI is InChI=1S/C12H16ClF2NO2/c1-7(16)3-8-4-9(13)12(10(5-8)17-2)18-6-11(14)15/h4-5,7,11H,3,6,16H2,1-2H3. The number of halogens is 3. The molecule has 0 spiro atoms. The third-order valence-corrected chi connectivity index (χ3v) is 2.48. The first-order valence-electron chi connectivity index (χ1n) is 5.47. The Morgan fingerprint density at radius 3 is 2.56 bits per heavy atom. The van der Waals surface area contributed by atoms with Crippen LogP contribution in [0.1, 0.15) is 12.5 Å². The predicted octanol–water partition coefficient (Wildman–Crippen LogP) is 2.88. The summed E-state index contributed by atoms with van der Waals surface area (Å²) < 4.78 is 34.3. The summed E-state index contributed by atoms with van der Waals surface area (Å²) in [7, 11) is 1.43. The van der Waals surface area contributed by atoms with Crippen LogP contribution in [0.3, 0.4) is 0 Å². The van der Waals surface area contributed by atoms with Gasteiger partial charge >= 0.3 is 0 Å². The number of ether oxygens (including phenoxy) is 2. The Morgan fingerprint density at radius 1 is 1.39 bits per heavy atom. The van der Waals surface area contributed by atoms with E-state index in [1.807, 2.05) is 6.92 Å². The predicted molar refractivity (Wildman–Crippen MR) is 66.9 cm³/mol. The van der Waals surface area contributed by atoms with E-state index in [0.29, 0.717) is 12.2 Å². The van der Waals surface area contributed by atoms with Crippen molar-refractivity contribution in [2.24, 2.45) is 5.73 Å². The molecule has 0 heterocycles. The Balaban J connectivity index is 2.96. The normalized spacial score (nSPS) is 12.6. The first-order valence-corrected chi connectivity index (χ1v) is 5.84. The number of alkyl halides is 2. The highest BCUT2D eigenvalue weighted by Gasteiger charge is 2.14. The molecule has 3 nitrogen and oxygen atoms in total. The van der Waals surface area contributed by atoms with Gasteiger partial charge in [-0.1, -0.05) is 11.6 Å². The van der Waals surface area contributed by atoms with Gasteiger partial charge in [0.25, 0.3) is 6.43 Å². The summed E-state index contributed by atoms with van der Waals surface area (Å²) in [5.74, 6) is 0.465. The molecular formula is C12H16ClF2NO2. The number of hydrogen-bond donors (Lipinski definition) is 1. The van der Waals surface area contributed by atoms with Crippen LogP contribution < -0.4 is 15.2 Å². The number of hydrogen-bond acceptors (Lipinski definition) is 3. The van der Waals surface area contributed by atoms with E-state index in [0.717, 1.165) is 5.56 Å². The molecule has 2 N–H and O–H groups in total. The summed E-state index contributed by atoms with van der Waals surface area (Å²) in [5.41, 5.74) is 6.56. The smallest absolute Gasteiger partial charge is 0.272 e. The van der Waals surface area contributed by atoms with Crippen LogP contribution in [-0.2, 0) is 6.42 Å². The van der Waals surface area contributed by atoms with Crippen LogP contribution in [-0.4, -0.2) is 26.2 Å². The lowest BCUT2D eigenvalue weighted by atomic mass is 10.1. The van der Waals surface area contributed by atoms with Gasteiger partial charge in [0, 0.05) is 6.04 Å². The van der Waals surface area contributed by atoms with Gasteiger partial charge in [0.05, 0.1) is 12.1 Å². The summed E-state index contributed by atoms with van der Waals surface area (Å²) in [6.45, 7) is 1.14. The summed E-state index contributed by atoms with van der Waals surface area (Å²) in [5, 5.41) is 0.241. The molecule has 0 radical (unpaired) electrons. The average Bonchev–Trinajstić information content (AvgIpc) is 2.25. The molecule has 18 heavy (non-hydrogen) atoms. The van der Waals surface area contributed by atoms with Crippen molar-refractivity contribution in [3.05, 3.63) is 22.7 Å². The molecule has 0 bridgehead atoms. The van der Waals surface area contributed by atoms with Gasteiger partial charge in [-0.3, -0.25) is 0 Å². The van der Waals surface area contributed by atoms with Crippen molar-refractivity contribution in [2.45, 2.75) is 25.8 Å². The Kier molecular flexibility index (Phi) is 5.62. The van der Waals surface area contributed by atoms with Gasteiger partial charge in [-0.25, -0.2) is 8.78 Å². The van der Waals surface area contributed by atoms with Crippen molar-refractivity contribution in [1.82, 2.24) is 0 Å². The van der Waals surface area contributed by atoms with Gasteiger partial charge in [0.2, 0.25) is 0 Å². The van der Waals surface area contributed by atoms with E-state index in [9.17, 15) is 8.78 Å². The molecule has 0 saturated heterocycles. The Morgan fingerprint density at radius 2 is 2.06 bits per heavy atom. The topological polar surface area (TPSA) is 44.5 Å². The molecule has 0 aliphatic carbocycles. The molecule has 1 rings (SSSR count). The third-order valence-electron chi connectivity index (χ3n) is 2.20. The van der Waals surface area contributed by atoms with E-state index in [1.54, 1.807) is 12.1 Å². The van der Waals surface area contributed by atoms with Crippen LogP contribution in [0.4, 0.5) is 8.78 Å². The Bertz CT molecular complexity index is 400. The molecule has 0 fully saturated rings. The molecule has 6 heteroatoms. The van der Waals surface area contributed by atoms with Gasteiger partial charge in [-0.15, -0.1) is 0 Å². The maximum atomic E-state index is 12.1. The minimum atomic E-state index is -2.56. The van der Waals surface area contributed by atoms with Crippen LogP contribution in [0.25, 0.3) is 0 Å². The number of benzene rings is 1. The van der Waals surface area contributed by atoms with Gasteiger partial charge in [-0.2, -0.15) is 0 Å². The molecule has 1 unspecified atom stereocenters. The average molecular weight is 280 g/mol. The SMILES string of the molecule is COc1cc(CC(C)N)cc(Cl)c1OCC(F)F. The zero-order chi connectivity index (χ0) is 13.7. The largest absolute Gasteiger partial charge is 0.493 e. The quantitative estimate of drug-likeness (QED) is 0.871. The van der Waals surface area contributed by atoms with Crippen LogP contribution in [0.15, 0.2) is 12.1 Å². The third kappa shape index (κ3) is 4.31. The molecule has 102 valence electrons. The monoisotopic (exact) mass is 279 g/mol. The number of rotatable bonds is 6. The highest BCUT2D eigenvalue weighted by Crippen LogP contribution is 2.36. The molecule has 0 saturated carbocycles. The highest BCUT2D eigenvalue weighted by molar-refractivity contribution is 6.32. The lowest BCUT2D eigenvalue weighted by molar-refractivity contribution is 0.0805. The zero-order valence-electron chi connectivity index (χ0n) is 10.3. The molecule has 0 aliphatic heterocycles. The van der Waals surface area contributed by atoms with Crippen molar-refractivity contribution in [2.75, 3.05) is 13.7 Å². The first-order chi connectivity index (χ1) is 8.43. The number of nitrogens with two attached hydrogens (primary N) is 1. The fraction of sp³-hybridized carbons (Fsp3) is 0.500. The molecule has 1 aromatic rings. The van der Waals surface area contributed by atoms with E-state index in [1.165, 1.54) is 7.11 Å². The maximum absolute atomic E-state index is 12.1. The molecular weight excluding hydrogens is 264 g/mol. The lowest BCUT2D eigenvalue weighted by Crippen LogP contribution is -2.17. The zero-order valence-corrected chi connectivity index (χ0v) is 11.0. The molecule has 0 aliphatic rings. The van der Waals surface area contributed by atoms with E-state index in [4.69, 9.17) is 26.8 Å². The van der Waals surface area contributed by atoms with Gasteiger partial charge in [0.15, 0.2) is 11.5 Å². The molecule has 0 amide bonds. The van der Waals surface area contributed by atoms with Crippen molar-refractivity contribution >= 4 is 11.6 Å². The summed E-state index contributed by atoms with van der Waals surface area (Å²) in [6, 6.07) is 3.31. The van der Waals surface area contributed by atoms with Crippen molar-refractivity contribution in [1.29, 1.82) is 0 Å². The molecule has 1 atom stereocenters. The Labute approximate surface area is 110 Å². The second-order valence-corrected chi connectivity index (χ2v) is 4.40. The van der Waals surface area contributed by atoms with Gasteiger partial charge in [0.1, 0.15) is 6.61 Å².